The van der Waals surface area contributed by atoms with E-state index in [0.717, 1.165) is 43.4 Å². The van der Waals surface area contributed by atoms with Gasteiger partial charge in [-0.05, 0) is 42.3 Å². The molecular weight excluding hydrogens is 462 g/mol. The molecule has 0 aliphatic carbocycles. The van der Waals surface area contributed by atoms with Crippen LogP contribution in [0.2, 0.25) is 0 Å². The van der Waals surface area contributed by atoms with Crippen LogP contribution in [-0.2, 0) is 22.6 Å². The number of fused-ring (bicyclic) bond motifs is 1. The number of hydrogen-bond donors (Lipinski definition) is 3. The van der Waals surface area contributed by atoms with Crippen LogP contribution in [0.4, 0.5) is 0 Å². The third-order valence-electron chi connectivity index (χ3n) is 4.89. The zero-order valence-corrected chi connectivity index (χ0v) is 20.7. The van der Waals surface area contributed by atoms with Crippen molar-refractivity contribution >= 4 is 29.4 Å². The standard InChI is InChI=1S/C17H20N4OS.C8H8O2.CH5N/c18-23-19-11-5-1-2-8-16-20-17(21-22-16)15-10-9-13-6-3-4-7-14(13)12-15;9-7-10-6-8-4-2-1-3-5-8;1-2/h3-4,6-7,9-10,12,19H,1-2,5,8,11,18H2;1-5,7H,6H2;2H2,1H3. The van der Waals surface area contributed by atoms with Gasteiger partial charge in [-0.2, -0.15) is 4.98 Å². The zero-order valence-electron chi connectivity index (χ0n) is 19.9. The van der Waals surface area contributed by atoms with Gasteiger partial charge in [-0.1, -0.05) is 78.3 Å². The minimum Gasteiger partial charge on any atom is -0.463 e. The molecule has 8 nitrogen and oxygen atoms in total. The van der Waals surface area contributed by atoms with E-state index in [1.807, 2.05) is 48.5 Å². The van der Waals surface area contributed by atoms with Crippen molar-refractivity contribution in [3.8, 4) is 11.4 Å². The number of unbranched alkanes of at least 4 members (excludes halogenated alkanes) is 2. The van der Waals surface area contributed by atoms with Gasteiger partial charge < -0.3 is 15.0 Å². The fourth-order valence-corrected chi connectivity index (χ4v) is 3.48. The summed E-state index contributed by atoms with van der Waals surface area (Å²) in [7, 11) is 1.50. The largest absolute Gasteiger partial charge is 0.463 e. The number of aromatic nitrogens is 2. The van der Waals surface area contributed by atoms with Gasteiger partial charge in [-0.3, -0.25) is 14.7 Å². The number of nitrogens with two attached hydrogens (primary N) is 2. The van der Waals surface area contributed by atoms with Crippen molar-refractivity contribution in [2.24, 2.45) is 10.9 Å². The summed E-state index contributed by atoms with van der Waals surface area (Å²) in [6.07, 6.45) is 4.06. The van der Waals surface area contributed by atoms with Crippen LogP contribution >= 0.6 is 12.1 Å². The highest BCUT2D eigenvalue weighted by molar-refractivity contribution is 7.95. The number of carbonyl (C=O) groups excluding carboxylic acids is 1. The predicted octanol–water partition coefficient (Wildman–Crippen LogP) is 4.65. The molecule has 186 valence electrons. The van der Waals surface area contributed by atoms with Crippen LogP contribution in [0.25, 0.3) is 22.2 Å². The molecule has 5 N–H and O–H groups in total. The van der Waals surface area contributed by atoms with Crippen molar-refractivity contribution in [3.63, 3.8) is 0 Å². The number of ether oxygens (including phenoxy) is 1. The molecule has 0 amide bonds. The number of nitrogens with zero attached hydrogens (tertiary/aromatic N) is 2. The molecule has 9 heteroatoms. The molecular formula is C26H33N5O3S. The van der Waals surface area contributed by atoms with Crippen molar-refractivity contribution in [2.45, 2.75) is 32.3 Å². The van der Waals surface area contributed by atoms with Crippen molar-refractivity contribution in [2.75, 3.05) is 13.6 Å². The topological polar surface area (TPSA) is 129 Å². The van der Waals surface area contributed by atoms with E-state index < -0.39 is 0 Å². The first-order valence-electron chi connectivity index (χ1n) is 11.4. The van der Waals surface area contributed by atoms with Gasteiger partial charge >= 0.3 is 0 Å². The van der Waals surface area contributed by atoms with Gasteiger partial charge in [0.05, 0.1) is 0 Å². The predicted molar refractivity (Wildman–Crippen MR) is 142 cm³/mol. The molecule has 0 spiro atoms. The Hall–Kier alpha value is -3.24. The molecule has 4 rings (SSSR count). The van der Waals surface area contributed by atoms with Crippen LogP contribution in [0.3, 0.4) is 0 Å². The zero-order chi connectivity index (χ0) is 25.1. The molecule has 0 aliphatic rings. The highest BCUT2D eigenvalue weighted by Crippen LogP contribution is 2.22. The minimum absolute atomic E-state index is 0.365. The van der Waals surface area contributed by atoms with Crippen LogP contribution in [0.15, 0.2) is 77.3 Å². The summed E-state index contributed by atoms with van der Waals surface area (Å²) in [6.45, 7) is 1.74. The van der Waals surface area contributed by atoms with E-state index in [0.29, 0.717) is 24.8 Å². The van der Waals surface area contributed by atoms with Crippen molar-refractivity contribution in [1.82, 2.24) is 14.9 Å². The first-order chi connectivity index (χ1) is 17.3. The highest BCUT2D eigenvalue weighted by atomic mass is 32.2. The first-order valence-corrected chi connectivity index (χ1v) is 12.3. The Morgan fingerprint density at radius 2 is 1.71 bits per heavy atom. The van der Waals surface area contributed by atoms with Gasteiger partial charge in [0, 0.05) is 30.7 Å². The molecule has 0 saturated carbocycles. The molecule has 4 aromatic rings. The number of rotatable bonds is 11. The third-order valence-corrected chi connectivity index (χ3v) is 5.26. The quantitative estimate of drug-likeness (QED) is 0.155. The fourth-order valence-electron chi connectivity index (χ4n) is 3.22. The van der Waals surface area contributed by atoms with Crippen LogP contribution in [-0.4, -0.2) is 30.2 Å². The van der Waals surface area contributed by atoms with Crippen molar-refractivity contribution in [1.29, 1.82) is 0 Å². The number of nitrogens with one attached hydrogen (secondary N) is 1. The highest BCUT2D eigenvalue weighted by Gasteiger charge is 2.09. The maximum Gasteiger partial charge on any atom is 0.293 e. The molecule has 0 radical (unpaired) electrons. The smallest absolute Gasteiger partial charge is 0.293 e. The Bertz CT molecular complexity index is 1110. The third kappa shape index (κ3) is 10.3. The van der Waals surface area contributed by atoms with E-state index in [9.17, 15) is 4.79 Å². The summed E-state index contributed by atoms with van der Waals surface area (Å²) in [5.41, 5.74) is 6.50. The molecule has 0 unspecified atom stereocenters. The fraction of sp³-hybridized carbons (Fsp3) is 0.269. The normalized spacial score (nSPS) is 10.0. The maximum atomic E-state index is 9.76. The lowest BCUT2D eigenvalue weighted by atomic mass is 10.1. The molecule has 35 heavy (non-hydrogen) atoms. The number of aryl methyl sites for hydroxylation is 1. The average Bonchev–Trinajstić information content (AvgIpc) is 3.40. The summed E-state index contributed by atoms with van der Waals surface area (Å²) >= 11 is 1.17. The molecule has 0 bridgehead atoms. The van der Waals surface area contributed by atoms with Gasteiger partial charge in [0.15, 0.2) is 0 Å². The Kier molecular flexibility index (Phi) is 13.8. The molecule has 1 aromatic heterocycles. The summed E-state index contributed by atoms with van der Waals surface area (Å²) in [4.78, 5) is 14.3. The summed E-state index contributed by atoms with van der Waals surface area (Å²) in [5.74, 6) is 1.36. The Morgan fingerprint density at radius 3 is 2.46 bits per heavy atom. The van der Waals surface area contributed by atoms with Crippen LogP contribution in [0, 0.1) is 0 Å². The lowest BCUT2D eigenvalue weighted by Crippen LogP contribution is -2.08. The second-order valence-electron chi connectivity index (χ2n) is 7.29. The Balaban J connectivity index is 0.000000302. The van der Waals surface area contributed by atoms with Gasteiger partial charge in [0.25, 0.3) is 6.47 Å². The Labute approximate surface area is 210 Å². The first kappa shape index (κ1) is 28.0. The number of carbonyl (C=O) groups is 1. The molecule has 0 saturated heterocycles. The Morgan fingerprint density at radius 1 is 0.971 bits per heavy atom. The molecule has 0 aliphatic heterocycles. The lowest BCUT2D eigenvalue weighted by molar-refractivity contribution is -0.129. The van der Waals surface area contributed by atoms with Crippen LogP contribution < -0.4 is 15.6 Å². The molecule has 0 atom stereocenters. The minimum atomic E-state index is 0.365. The van der Waals surface area contributed by atoms with Gasteiger partial charge in [-0.15, -0.1) is 0 Å². The summed E-state index contributed by atoms with van der Waals surface area (Å²) < 4.78 is 12.9. The van der Waals surface area contributed by atoms with Crippen molar-refractivity contribution < 1.29 is 14.1 Å². The van der Waals surface area contributed by atoms with E-state index in [1.54, 1.807) is 0 Å². The van der Waals surface area contributed by atoms with E-state index in [1.165, 1.54) is 30.0 Å². The lowest BCUT2D eigenvalue weighted by Gasteiger charge is -1.99. The summed E-state index contributed by atoms with van der Waals surface area (Å²) in [6, 6.07) is 24.0. The van der Waals surface area contributed by atoms with Crippen molar-refractivity contribution in [3.05, 3.63) is 84.3 Å². The second kappa shape index (κ2) is 17.2. The SMILES string of the molecule is CN.NSNCCCCCc1nc(-c2ccc3ccccc3c2)no1.O=COCc1ccccc1. The van der Waals surface area contributed by atoms with E-state index in [4.69, 9.17) is 9.66 Å². The monoisotopic (exact) mass is 495 g/mol. The van der Waals surface area contributed by atoms with Gasteiger partial charge in [0.2, 0.25) is 11.7 Å². The molecule has 3 aromatic carbocycles. The summed E-state index contributed by atoms with van der Waals surface area (Å²) in [5, 5.41) is 11.8. The van der Waals surface area contributed by atoms with Gasteiger partial charge in [-0.25, -0.2) is 0 Å². The van der Waals surface area contributed by atoms with E-state index in [-0.39, 0.29) is 0 Å². The number of hydrogen-bond acceptors (Lipinski definition) is 9. The van der Waals surface area contributed by atoms with Crippen LogP contribution in [0.1, 0.15) is 30.7 Å². The van der Waals surface area contributed by atoms with Gasteiger partial charge in [0.1, 0.15) is 6.61 Å². The van der Waals surface area contributed by atoms with Crippen LogP contribution in [0.5, 0.6) is 0 Å². The van der Waals surface area contributed by atoms with E-state index >= 15 is 0 Å². The number of benzene rings is 3. The van der Waals surface area contributed by atoms with E-state index in [2.05, 4.69) is 49.6 Å². The maximum absolute atomic E-state index is 9.76. The molecule has 0 fully saturated rings. The molecule has 1 heterocycles. The second-order valence-corrected chi connectivity index (χ2v) is 7.81. The average molecular weight is 496 g/mol.